The Morgan fingerprint density at radius 2 is 2.00 bits per heavy atom. The minimum absolute atomic E-state index is 0.480. The molecule has 2 N–H and O–H groups in total. The zero-order valence-electron chi connectivity index (χ0n) is 17.3. The number of aryl methyl sites for hydroxylation is 1. The number of benzene rings is 2. The average Bonchev–Trinajstić information content (AvgIpc) is 3.06. The van der Waals surface area contributed by atoms with Crippen molar-refractivity contribution in [3.63, 3.8) is 0 Å². The number of hydrogen-bond donors (Lipinski definition) is 2. The predicted molar refractivity (Wildman–Crippen MR) is 118 cm³/mol. The van der Waals surface area contributed by atoms with Crippen LogP contribution in [0.25, 0.3) is 11.0 Å². The van der Waals surface area contributed by atoms with Crippen LogP contribution in [0.4, 0.5) is 5.69 Å². The van der Waals surface area contributed by atoms with Gasteiger partial charge in [0, 0.05) is 45.5 Å². The molecule has 0 saturated heterocycles. The fraction of sp³-hybridized carbons (Fsp3) is 0.364. The molecule has 0 aliphatic carbocycles. The first-order valence-corrected chi connectivity index (χ1v) is 9.88. The highest BCUT2D eigenvalue weighted by atomic mass is 16.5. The summed E-state index contributed by atoms with van der Waals surface area (Å²) in [5, 5.41) is 6.62. The quantitative estimate of drug-likeness (QED) is 0.329. The third-order valence-electron chi connectivity index (χ3n) is 4.46. The molecule has 29 heavy (non-hydrogen) atoms. The number of fused-ring (bicyclic) bond motifs is 1. The molecule has 3 aromatic rings. The maximum Gasteiger partial charge on any atom is 0.196 e. The molecule has 0 radical (unpaired) electrons. The average molecular weight is 396 g/mol. The van der Waals surface area contributed by atoms with Crippen LogP contribution in [0.1, 0.15) is 19.2 Å². The van der Waals surface area contributed by atoms with Crippen molar-refractivity contribution in [2.45, 2.75) is 19.9 Å². The number of hydrogen-bond acceptors (Lipinski definition) is 4. The molecule has 0 bridgehead atoms. The summed E-state index contributed by atoms with van der Waals surface area (Å²) in [5.41, 5.74) is 3.00. The van der Waals surface area contributed by atoms with E-state index in [0.29, 0.717) is 25.7 Å². The fourth-order valence-corrected chi connectivity index (χ4v) is 2.99. The molecule has 0 fully saturated rings. The first-order valence-electron chi connectivity index (χ1n) is 9.88. The smallest absolute Gasteiger partial charge is 0.196 e. The second-order valence-electron chi connectivity index (χ2n) is 6.62. The van der Waals surface area contributed by atoms with E-state index in [4.69, 9.17) is 14.5 Å². The molecule has 3 rings (SSSR count). The van der Waals surface area contributed by atoms with Crippen LogP contribution in [0, 0.1) is 0 Å². The number of rotatable bonds is 9. The lowest BCUT2D eigenvalue weighted by Gasteiger charge is -2.13. The topological polar surface area (TPSA) is 72.7 Å². The molecule has 154 valence electrons. The second kappa shape index (κ2) is 10.5. The molecule has 0 spiro atoms. The van der Waals surface area contributed by atoms with Crippen LogP contribution in [0.3, 0.4) is 0 Å². The number of nitrogens with one attached hydrogen (secondary N) is 2. The van der Waals surface area contributed by atoms with E-state index in [1.165, 1.54) is 0 Å². The lowest BCUT2D eigenvalue weighted by molar-refractivity contribution is 0.172. The number of guanidine groups is 1. The Labute approximate surface area is 171 Å². The maximum absolute atomic E-state index is 5.78. The van der Waals surface area contributed by atoms with Crippen LogP contribution >= 0.6 is 0 Å². The van der Waals surface area contributed by atoms with Gasteiger partial charge in [-0.2, -0.15) is 0 Å². The predicted octanol–water partition coefficient (Wildman–Crippen LogP) is 3.57. The summed E-state index contributed by atoms with van der Waals surface area (Å²) >= 11 is 0. The molecule has 1 aromatic heterocycles. The van der Waals surface area contributed by atoms with E-state index in [1.807, 2.05) is 56.4 Å². The van der Waals surface area contributed by atoms with E-state index in [1.54, 1.807) is 7.11 Å². The highest BCUT2D eigenvalue weighted by molar-refractivity contribution is 5.93. The van der Waals surface area contributed by atoms with Gasteiger partial charge in [-0.15, -0.1) is 0 Å². The largest absolute Gasteiger partial charge is 0.493 e. The number of aliphatic imine (C=N–C) groups is 1. The summed E-state index contributed by atoms with van der Waals surface area (Å²) in [4.78, 5) is 9.39. The van der Waals surface area contributed by atoms with E-state index in [2.05, 4.69) is 26.3 Å². The highest BCUT2D eigenvalue weighted by Gasteiger charge is 2.07. The summed E-state index contributed by atoms with van der Waals surface area (Å²) in [6, 6.07) is 16.0. The second-order valence-corrected chi connectivity index (χ2v) is 6.62. The van der Waals surface area contributed by atoms with E-state index >= 15 is 0 Å². The number of imidazole rings is 1. The molecule has 7 heteroatoms. The molecule has 7 nitrogen and oxygen atoms in total. The molecule has 0 unspecified atom stereocenters. The van der Waals surface area contributed by atoms with Crippen molar-refractivity contribution in [1.82, 2.24) is 14.9 Å². The lowest BCUT2D eigenvalue weighted by atomic mass is 10.3. The number of aromatic nitrogens is 2. The van der Waals surface area contributed by atoms with Gasteiger partial charge in [0.05, 0.1) is 17.6 Å². The van der Waals surface area contributed by atoms with Crippen LogP contribution in [0.5, 0.6) is 5.75 Å². The van der Waals surface area contributed by atoms with Crippen LogP contribution in [0.2, 0.25) is 0 Å². The van der Waals surface area contributed by atoms with Crippen LogP contribution in [0.15, 0.2) is 53.5 Å². The van der Waals surface area contributed by atoms with E-state index in [-0.39, 0.29) is 0 Å². The van der Waals surface area contributed by atoms with Crippen molar-refractivity contribution in [3.8, 4) is 5.75 Å². The van der Waals surface area contributed by atoms with Crippen LogP contribution in [-0.2, 0) is 18.3 Å². The zero-order valence-corrected chi connectivity index (χ0v) is 17.3. The van der Waals surface area contributed by atoms with Gasteiger partial charge in [0.25, 0.3) is 0 Å². The molecular formula is C22H29N5O2. The highest BCUT2D eigenvalue weighted by Crippen LogP contribution is 2.18. The number of nitrogens with zero attached hydrogens (tertiary/aromatic N) is 3. The Hall–Kier alpha value is -3.06. The van der Waals surface area contributed by atoms with Crippen molar-refractivity contribution in [3.05, 3.63) is 54.4 Å². The summed E-state index contributed by atoms with van der Waals surface area (Å²) < 4.78 is 12.9. The van der Waals surface area contributed by atoms with Gasteiger partial charge < -0.3 is 24.7 Å². The fourth-order valence-electron chi connectivity index (χ4n) is 2.99. The first kappa shape index (κ1) is 20.7. The Kier molecular flexibility index (Phi) is 7.47. The number of ether oxygens (including phenoxy) is 2. The van der Waals surface area contributed by atoms with Gasteiger partial charge in [-0.05, 0) is 31.2 Å². The van der Waals surface area contributed by atoms with E-state index < -0.39 is 0 Å². The summed E-state index contributed by atoms with van der Waals surface area (Å²) in [7, 11) is 3.71. The van der Waals surface area contributed by atoms with Gasteiger partial charge in [-0.25, -0.2) is 9.98 Å². The Bertz CT molecular complexity index is 951. The third-order valence-corrected chi connectivity index (χ3v) is 4.46. The molecule has 2 aromatic carbocycles. The molecule has 0 amide bonds. The number of para-hydroxylation sites is 2. The Balaban J connectivity index is 1.68. The van der Waals surface area contributed by atoms with Gasteiger partial charge in [0.1, 0.15) is 18.1 Å². The van der Waals surface area contributed by atoms with Gasteiger partial charge in [-0.1, -0.05) is 18.2 Å². The van der Waals surface area contributed by atoms with Crippen LogP contribution in [-0.4, -0.2) is 42.4 Å². The SMILES string of the molecule is CCNC(=NCc1nc2ccccc2n1C)Nc1cccc(OCCCOC)c1. The number of methoxy groups -OCH3 is 1. The van der Waals surface area contributed by atoms with Gasteiger partial charge in [0.15, 0.2) is 5.96 Å². The molecular weight excluding hydrogens is 366 g/mol. The van der Waals surface area contributed by atoms with Crippen molar-refractivity contribution in [2.75, 3.05) is 32.2 Å². The van der Waals surface area contributed by atoms with Gasteiger partial charge in [-0.3, -0.25) is 0 Å². The summed E-state index contributed by atoms with van der Waals surface area (Å²) in [6.45, 7) is 4.60. The molecule has 0 aliphatic rings. The molecule has 0 atom stereocenters. The monoisotopic (exact) mass is 395 g/mol. The van der Waals surface area contributed by atoms with E-state index in [9.17, 15) is 0 Å². The zero-order chi connectivity index (χ0) is 20.5. The van der Waals surface area contributed by atoms with Gasteiger partial charge >= 0.3 is 0 Å². The van der Waals surface area contributed by atoms with Crippen molar-refractivity contribution in [2.24, 2.45) is 12.0 Å². The standard InChI is InChI=1S/C22H29N5O2/c1-4-23-22(24-16-21-26-19-11-5-6-12-20(19)27(21)2)25-17-9-7-10-18(15-17)29-14-8-13-28-3/h5-7,9-12,15H,4,8,13-14,16H2,1-3H3,(H2,23,24,25). The van der Waals surface area contributed by atoms with Crippen LogP contribution < -0.4 is 15.4 Å². The minimum atomic E-state index is 0.480. The first-order chi connectivity index (χ1) is 14.2. The van der Waals surface area contributed by atoms with E-state index in [0.717, 1.165) is 41.3 Å². The summed E-state index contributed by atoms with van der Waals surface area (Å²) in [6.07, 6.45) is 0.857. The van der Waals surface area contributed by atoms with Gasteiger partial charge in [0.2, 0.25) is 0 Å². The van der Waals surface area contributed by atoms with Crippen molar-refractivity contribution >= 4 is 22.7 Å². The Morgan fingerprint density at radius 3 is 2.79 bits per heavy atom. The molecule has 1 heterocycles. The lowest BCUT2D eigenvalue weighted by Crippen LogP contribution is -2.30. The number of anilines is 1. The summed E-state index contributed by atoms with van der Waals surface area (Å²) in [5.74, 6) is 2.44. The minimum Gasteiger partial charge on any atom is -0.493 e. The molecule has 0 aliphatic heterocycles. The molecule has 0 saturated carbocycles. The Morgan fingerprint density at radius 1 is 1.14 bits per heavy atom. The van der Waals surface area contributed by atoms with Crippen molar-refractivity contribution < 1.29 is 9.47 Å². The third kappa shape index (κ3) is 5.71. The van der Waals surface area contributed by atoms with Crippen molar-refractivity contribution in [1.29, 1.82) is 0 Å². The maximum atomic E-state index is 5.78. The normalized spacial score (nSPS) is 11.6.